The van der Waals surface area contributed by atoms with Crippen molar-refractivity contribution in [2.75, 3.05) is 13.2 Å². The summed E-state index contributed by atoms with van der Waals surface area (Å²) in [6.07, 6.45) is 0. The van der Waals surface area contributed by atoms with E-state index in [0.717, 1.165) is 4.47 Å². The minimum atomic E-state index is -1.77. The average Bonchev–Trinajstić information content (AvgIpc) is 2.88. The highest BCUT2D eigenvalue weighted by atomic mass is 79.9. The molecule has 3 rings (SSSR count). The maximum atomic E-state index is 14.9. The fourth-order valence-electron chi connectivity index (χ4n) is 2.31. The van der Waals surface area contributed by atoms with Crippen molar-refractivity contribution in [3.05, 3.63) is 40.1 Å². The number of rotatable bonds is 2. The Kier molecular flexibility index (Phi) is 3.68. The topological polar surface area (TPSA) is 53.4 Å². The van der Waals surface area contributed by atoms with Crippen molar-refractivity contribution in [2.45, 2.75) is 19.5 Å². The van der Waals surface area contributed by atoms with Gasteiger partial charge >= 0.3 is 5.97 Å². The Morgan fingerprint density at radius 2 is 2.32 bits per heavy atom. The summed E-state index contributed by atoms with van der Waals surface area (Å²) in [5.41, 5.74) is -0.870. The van der Waals surface area contributed by atoms with Gasteiger partial charge in [-0.15, -0.1) is 0 Å². The summed E-state index contributed by atoms with van der Waals surface area (Å²) in [7, 11) is 0. The molecule has 0 fully saturated rings. The Morgan fingerprint density at radius 3 is 3.05 bits per heavy atom. The molecule has 2 heterocycles. The van der Waals surface area contributed by atoms with Crippen molar-refractivity contribution in [2.24, 2.45) is 0 Å². The summed E-state index contributed by atoms with van der Waals surface area (Å²) in [6.45, 7) is 3.18. The Hall–Kier alpha value is -1.89. The van der Waals surface area contributed by atoms with E-state index in [1.807, 2.05) is 0 Å². The predicted molar refractivity (Wildman–Crippen MR) is 81.2 cm³/mol. The van der Waals surface area contributed by atoms with Crippen LogP contribution in [0.5, 0.6) is 5.75 Å². The third-order valence-electron chi connectivity index (χ3n) is 3.38. The van der Waals surface area contributed by atoms with Crippen LogP contribution in [0.2, 0.25) is 0 Å². The largest absolute Gasteiger partial charge is 0.488 e. The van der Waals surface area contributed by atoms with E-state index >= 15 is 0 Å². The van der Waals surface area contributed by atoms with Crippen LogP contribution in [0.1, 0.15) is 30.0 Å². The molecule has 1 aliphatic heterocycles. The lowest BCUT2D eigenvalue weighted by Gasteiger charge is -2.17. The summed E-state index contributed by atoms with van der Waals surface area (Å²) in [5, 5.41) is 4.21. The first-order valence-electron chi connectivity index (χ1n) is 6.81. The van der Waals surface area contributed by atoms with Gasteiger partial charge < -0.3 is 9.47 Å². The van der Waals surface area contributed by atoms with Crippen molar-refractivity contribution in [3.8, 4) is 11.4 Å². The zero-order chi connectivity index (χ0) is 15.9. The van der Waals surface area contributed by atoms with Crippen LogP contribution in [-0.4, -0.2) is 29.0 Å². The number of nitrogens with zero attached hydrogens (tertiary/aromatic N) is 2. The molecular weight excluding hydrogens is 355 g/mol. The smallest absolute Gasteiger partial charge is 0.358 e. The first-order chi connectivity index (χ1) is 10.4. The highest BCUT2D eigenvalue weighted by Gasteiger charge is 2.37. The summed E-state index contributed by atoms with van der Waals surface area (Å²) in [6, 6.07) is 6.71. The van der Waals surface area contributed by atoms with Crippen LogP contribution >= 0.6 is 15.9 Å². The quantitative estimate of drug-likeness (QED) is 0.762. The Balaban J connectivity index is 2.19. The lowest BCUT2D eigenvalue weighted by molar-refractivity contribution is 0.0519. The molecule has 0 amide bonds. The fourth-order valence-corrected chi connectivity index (χ4v) is 2.66. The summed E-state index contributed by atoms with van der Waals surface area (Å²) in [5.74, 6) is -0.0688. The van der Waals surface area contributed by atoms with E-state index in [4.69, 9.17) is 9.47 Å². The normalized spacial score (nSPS) is 19.6. The molecule has 2 aromatic rings. The molecule has 0 saturated heterocycles. The summed E-state index contributed by atoms with van der Waals surface area (Å²) >= 11 is 3.37. The van der Waals surface area contributed by atoms with E-state index in [0.29, 0.717) is 11.4 Å². The maximum Gasteiger partial charge on any atom is 0.358 e. The van der Waals surface area contributed by atoms with Crippen LogP contribution in [0, 0.1) is 0 Å². The number of aromatic nitrogens is 2. The van der Waals surface area contributed by atoms with Gasteiger partial charge in [-0.1, -0.05) is 15.9 Å². The highest BCUT2D eigenvalue weighted by Crippen LogP contribution is 2.37. The number of fused-ring (bicyclic) bond motifs is 3. The van der Waals surface area contributed by atoms with Gasteiger partial charge in [-0.2, -0.15) is 5.10 Å². The van der Waals surface area contributed by atoms with Gasteiger partial charge in [-0.25, -0.2) is 13.9 Å². The van der Waals surface area contributed by atoms with Gasteiger partial charge in [0, 0.05) is 4.47 Å². The second-order valence-corrected chi connectivity index (χ2v) is 6.06. The molecular formula is C15H14BrFN2O3. The van der Waals surface area contributed by atoms with Crippen LogP contribution in [0.3, 0.4) is 0 Å². The molecule has 1 aliphatic rings. The first-order valence-corrected chi connectivity index (χ1v) is 7.61. The van der Waals surface area contributed by atoms with Crippen LogP contribution in [-0.2, 0) is 10.4 Å². The van der Waals surface area contributed by atoms with Crippen molar-refractivity contribution < 1.29 is 18.7 Å². The highest BCUT2D eigenvalue weighted by molar-refractivity contribution is 9.10. The van der Waals surface area contributed by atoms with Gasteiger partial charge in [-0.05, 0) is 38.1 Å². The maximum absolute atomic E-state index is 14.9. The van der Waals surface area contributed by atoms with E-state index < -0.39 is 11.6 Å². The minimum Gasteiger partial charge on any atom is -0.488 e. The van der Waals surface area contributed by atoms with Gasteiger partial charge in [0.2, 0.25) is 0 Å². The molecule has 116 valence electrons. The number of alkyl halides is 1. The van der Waals surface area contributed by atoms with Gasteiger partial charge in [-0.3, -0.25) is 0 Å². The molecule has 1 atom stereocenters. The van der Waals surface area contributed by atoms with E-state index in [-0.39, 0.29) is 24.6 Å². The Labute approximate surface area is 135 Å². The minimum absolute atomic E-state index is 0.0774. The van der Waals surface area contributed by atoms with Crippen LogP contribution in [0.15, 0.2) is 28.7 Å². The lowest BCUT2D eigenvalue weighted by Crippen LogP contribution is -2.25. The predicted octanol–water partition coefficient (Wildman–Crippen LogP) is 3.39. The summed E-state index contributed by atoms with van der Waals surface area (Å²) < 4.78 is 27.6. The molecule has 1 unspecified atom stereocenters. The molecule has 22 heavy (non-hydrogen) atoms. The monoisotopic (exact) mass is 368 g/mol. The van der Waals surface area contributed by atoms with E-state index in [1.165, 1.54) is 17.7 Å². The SMILES string of the molecule is CCOC(=O)c1cc2n(n1)-c1cc(Br)ccc1OCC2(C)F. The van der Waals surface area contributed by atoms with Crippen molar-refractivity contribution >= 4 is 21.9 Å². The zero-order valence-corrected chi connectivity index (χ0v) is 13.7. The number of benzene rings is 1. The fraction of sp³-hybridized carbons (Fsp3) is 0.333. The van der Waals surface area contributed by atoms with Crippen molar-refractivity contribution in [1.29, 1.82) is 0 Å². The molecule has 7 heteroatoms. The molecule has 5 nitrogen and oxygen atoms in total. The second-order valence-electron chi connectivity index (χ2n) is 5.15. The second kappa shape index (κ2) is 5.39. The third kappa shape index (κ3) is 2.49. The lowest BCUT2D eigenvalue weighted by atomic mass is 10.1. The number of carbonyl (C=O) groups excluding carboxylic acids is 1. The zero-order valence-electron chi connectivity index (χ0n) is 12.1. The van der Waals surface area contributed by atoms with Crippen molar-refractivity contribution in [3.63, 3.8) is 0 Å². The summed E-state index contributed by atoms with van der Waals surface area (Å²) in [4.78, 5) is 11.9. The van der Waals surface area contributed by atoms with E-state index in [1.54, 1.807) is 25.1 Å². The van der Waals surface area contributed by atoms with Crippen LogP contribution in [0.4, 0.5) is 4.39 Å². The number of hydrogen-bond acceptors (Lipinski definition) is 4. The molecule has 1 aromatic carbocycles. The van der Waals surface area contributed by atoms with E-state index in [2.05, 4.69) is 21.0 Å². The van der Waals surface area contributed by atoms with Crippen LogP contribution < -0.4 is 4.74 Å². The standard InChI is InChI=1S/C15H14BrFN2O3/c1-3-21-14(20)10-7-13-15(2,17)8-22-12-5-4-9(16)6-11(12)19(13)18-10/h4-7H,3,8H2,1-2H3. The molecule has 0 radical (unpaired) electrons. The Bertz CT molecular complexity index is 742. The number of carbonyl (C=O) groups is 1. The average molecular weight is 369 g/mol. The number of halogens is 2. The van der Waals surface area contributed by atoms with Crippen molar-refractivity contribution in [1.82, 2.24) is 9.78 Å². The number of hydrogen-bond donors (Lipinski definition) is 0. The molecule has 1 aromatic heterocycles. The molecule has 0 N–H and O–H groups in total. The molecule has 0 aliphatic carbocycles. The van der Waals surface area contributed by atoms with Crippen LogP contribution in [0.25, 0.3) is 5.69 Å². The number of esters is 1. The third-order valence-corrected chi connectivity index (χ3v) is 3.87. The number of ether oxygens (including phenoxy) is 2. The van der Waals surface area contributed by atoms with Gasteiger partial charge in [0.25, 0.3) is 0 Å². The van der Waals surface area contributed by atoms with E-state index in [9.17, 15) is 9.18 Å². The van der Waals surface area contributed by atoms with Gasteiger partial charge in [0.15, 0.2) is 11.4 Å². The van der Waals surface area contributed by atoms with Gasteiger partial charge in [0.1, 0.15) is 18.0 Å². The molecule has 0 bridgehead atoms. The Morgan fingerprint density at radius 1 is 1.55 bits per heavy atom. The van der Waals surface area contributed by atoms with Gasteiger partial charge in [0.05, 0.1) is 12.3 Å². The molecule has 0 saturated carbocycles. The molecule has 0 spiro atoms. The first kappa shape index (κ1) is 15.0.